The Bertz CT molecular complexity index is 810. The largest absolute Gasteiger partial charge is 0.419 e. The number of rotatable bonds is 5. The molecule has 0 amide bonds. The van der Waals surface area contributed by atoms with Gasteiger partial charge in [-0.2, -0.15) is 0 Å². The van der Waals surface area contributed by atoms with Crippen LogP contribution in [0.3, 0.4) is 0 Å². The number of aromatic nitrogens is 2. The Hall–Kier alpha value is -2.53. The van der Waals surface area contributed by atoms with Crippen LogP contribution in [-0.2, 0) is 0 Å². The lowest BCUT2D eigenvalue weighted by molar-refractivity contribution is 0.398. The monoisotopic (exact) mass is 337 g/mol. The predicted octanol–water partition coefficient (Wildman–Crippen LogP) is 4.50. The minimum atomic E-state index is -0.251. The molecule has 0 saturated heterocycles. The van der Waals surface area contributed by atoms with Gasteiger partial charge in [-0.3, -0.25) is 5.32 Å². The van der Waals surface area contributed by atoms with Gasteiger partial charge in [0.1, 0.15) is 11.9 Å². The minimum absolute atomic E-state index is 0.228. The maximum Gasteiger partial charge on any atom is 0.247 e. The second kappa shape index (κ2) is 7.15. The third-order valence-electron chi connectivity index (χ3n) is 4.67. The maximum absolute atomic E-state index is 13.3. The highest BCUT2D eigenvalue weighted by molar-refractivity contribution is 5.51. The number of nitrogens with one attached hydrogen (secondary N) is 1. The minimum Gasteiger partial charge on any atom is -0.419 e. The Kier molecular flexibility index (Phi) is 4.57. The van der Waals surface area contributed by atoms with Crippen molar-refractivity contribution in [2.75, 3.05) is 0 Å². The molecule has 5 heteroatoms. The Morgan fingerprint density at radius 2 is 1.68 bits per heavy atom. The molecule has 25 heavy (non-hydrogen) atoms. The van der Waals surface area contributed by atoms with E-state index in [-0.39, 0.29) is 11.9 Å². The van der Waals surface area contributed by atoms with Gasteiger partial charge in [-0.15, -0.1) is 10.2 Å². The van der Waals surface area contributed by atoms with Gasteiger partial charge in [0.25, 0.3) is 0 Å². The summed E-state index contributed by atoms with van der Waals surface area (Å²) in [5, 5.41) is 12.1. The number of benzene rings is 2. The van der Waals surface area contributed by atoms with Crippen LogP contribution in [0.1, 0.15) is 43.2 Å². The summed E-state index contributed by atoms with van der Waals surface area (Å²) in [6.45, 7) is 0. The van der Waals surface area contributed by atoms with Crippen molar-refractivity contribution in [2.45, 2.75) is 37.8 Å². The number of hydrogen-bond acceptors (Lipinski definition) is 4. The predicted molar refractivity (Wildman–Crippen MR) is 93.4 cm³/mol. The molecule has 0 spiro atoms. The quantitative estimate of drug-likeness (QED) is 0.745. The summed E-state index contributed by atoms with van der Waals surface area (Å²) in [5.41, 5.74) is 1.82. The molecule has 0 radical (unpaired) electrons. The highest BCUT2D eigenvalue weighted by atomic mass is 19.1. The highest BCUT2D eigenvalue weighted by Crippen LogP contribution is 2.28. The van der Waals surface area contributed by atoms with E-state index in [0.29, 0.717) is 17.8 Å². The third kappa shape index (κ3) is 3.61. The van der Waals surface area contributed by atoms with Crippen molar-refractivity contribution in [1.82, 2.24) is 15.5 Å². The average molecular weight is 337 g/mol. The van der Waals surface area contributed by atoms with Crippen molar-refractivity contribution in [3.63, 3.8) is 0 Å². The van der Waals surface area contributed by atoms with E-state index >= 15 is 0 Å². The van der Waals surface area contributed by atoms with E-state index in [4.69, 9.17) is 4.42 Å². The highest BCUT2D eigenvalue weighted by Gasteiger charge is 2.26. The van der Waals surface area contributed by atoms with Gasteiger partial charge in [0.15, 0.2) is 0 Å². The second-order valence-electron chi connectivity index (χ2n) is 6.44. The summed E-state index contributed by atoms with van der Waals surface area (Å²) < 4.78 is 19.3. The van der Waals surface area contributed by atoms with Crippen LogP contribution in [0, 0.1) is 5.82 Å². The van der Waals surface area contributed by atoms with E-state index in [1.54, 1.807) is 12.1 Å². The molecular formula is C20H20FN3O. The van der Waals surface area contributed by atoms with Crippen molar-refractivity contribution in [2.24, 2.45) is 0 Å². The molecule has 1 N–H and O–H groups in total. The molecule has 4 rings (SSSR count). The molecule has 1 aromatic heterocycles. The number of halogens is 1. The van der Waals surface area contributed by atoms with E-state index in [9.17, 15) is 4.39 Å². The summed E-state index contributed by atoms with van der Waals surface area (Å²) in [4.78, 5) is 0. The lowest BCUT2D eigenvalue weighted by Crippen LogP contribution is -2.31. The Labute approximate surface area is 146 Å². The fourth-order valence-electron chi connectivity index (χ4n) is 3.34. The maximum atomic E-state index is 13.3. The van der Waals surface area contributed by atoms with Crippen LogP contribution < -0.4 is 5.32 Å². The van der Waals surface area contributed by atoms with Crippen LogP contribution in [0.2, 0.25) is 0 Å². The lowest BCUT2D eigenvalue weighted by atomic mass is 10.1. The van der Waals surface area contributed by atoms with Crippen molar-refractivity contribution in [1.29, 1.82) is 0 Å². The van der Waals surface area contributed by atoms with Crippen LogP contribution in [0.15, 0.2) is 59.0 Å². The molecule has 2 aromatic carbocycles. The van der Waals surface area contributed by atoms with Crippen LogP contribution in [0.4, 0.5) is 4.39 Å². The first-order valence-electron chi connectivity index (χ1n) is 8.70. The zero-order valence-corrected chi connectivity index (χ0v) is 13.9. The van der Waals surface area contributed by atoms with E-state index < -0.39 is 0 Å². The molecule has 128 valence electrons. The first-order valence-corrected chi connectivity index (χ1v) is 8.70. The van der Waals surface area contributed by atoms with Crippen LogP contribution in [-0.4, -0.2) is 16.2 Å². The average Bonchev–Trinajstić information content (AvgIpc) is 3.33. The fraction of sp³-hybridized carbons (Fsp3) is 0.300. The van der Waals surface area contributed by atoms with Crippen molar-refractivity contribution >= 4 is 0 Å². The second-order valence-corrected chi connectivity index (χ2v) is 6.44. The summed E-state index contributed by atoms with van der Waals surface area (Å²) in [6, 6.07) is 16.4. The van der Waals surface area contributed by atoms with E-state index in [2.05, 4.69) is 15.5 Å². The molecule has 0 bridgehead atoms. The van der Waals surface area contributed by atoms with Crippen molar-refractivity contribution in [3.05, 3.63) is 71.9 Å². The Balaban J connectivity index is 1.65. The zero-order valence-electron chi connectivity index (χ0n) is 13.9. The van der Waals surface area contributed by atoms with Gasteiger partial charge in [-0.1, -0.05) is 43.2 Å². The molecule has 1 fully saturated rings. The first kappa shape index (κ1) is 16.0. The number of hydrogen-bond donors (Lipinski definition) is 1. The molecule has 1 unspecified atom stereocenters. The van der Waals surface area contributed by atoms with Gasteiger partial charge in [0.2, 0.25) is 11.8 Å². The summed E-state index contributed by atoms with van der Waals surface area (Å²) in [7, 11) is 0. The molecule has 1 heterocycles. The molecule has 1 saturated carbocycles. The van der Waals surface area contributed by atoms with Gasteiger partial charge < -0.3 is 4.42 Å². The van der Waals surface area contributed by atoms with Gasteiger partial charge in [-0.25, -0.2) is 4.39 Å². The Morgan fingerprint density at radius 1 is 0.960 bits per heavy atom. The number of nitrogens with zero attached hydrogens (tertiary/aromatic N) is 2. The summed E-state index contributed by atoms with van der Waals surface area (Å²) in [6.07, 6.45) is 4.73. The first-order chi connectivity index (χ1) is 12.3. The molecule has 4 nitrogen and oxygen atoms in total. The van der Waals surface area contributed by atoms with Gasteiger partial charge >= 0.3 is 0 Å². The standard InChI is InChI=1S/C20H20FN3O/c21-16-12-10-14(11-13-16)18(22-17-8-4-5-9-17)20-24-23-19(25-20)15-6-2-1-3-7-15/h1-3,6-7,10-13,17-18,22H,4-5,8-9H2. The van der Waals surface area contributed by atoms with Crippen LogP contribution in [0.25, 0.3) is 11.5 Å². The van der Waals surface area contributed by atoms with Crippen LogP contribution >= 0.6 is 0 Å². The zero-order chi connectivity index (χ0) is 17.1. The summed E-state index contributed by atoms with van der Waals surface area (Å²) in [5.74, 6) is 0.757. The van der Waals surface area contributed by atoms with Gasteiger partial charge in [0, 0.05) is 11.6 Å². The molecule has 1 atom stereocenters. The van der Waals surface area contributed by atoms with Gasteiger partial charge in [0.05, 0.1) is 0 Å². The van der Waals surface area contributed by atoms with Crippen molar-refractivity contribution < 1.29 is 8.81 Å². The summed E-state index contributed by atoms with van der Waals surface area (Å²) >= 11 is 0. The molecule has 1 aliphatic carbocycles. The Morgan fingerprint density at radius 3 is 2.40 bits per heavy atom. The van der Waals surface area contributed by atoms with Gasteiger partial charge in [-0.05, 0) is 42.7 Å². The molecule has 1 aliphatic rings. The van der Waals surface area contributed by atoms with E-state index in [1.165, 1.54) is 25.0 Å². The molecular weight excluding hydrogens is 317 g/mol. The van der Waals surface area contributed by atoms with Crippen LogP contribution in [0.5, 0.6) is 0 Å². The van der Waals surface area contributed by atoms with Crippen molar-refractivity contribution in [3.8, 4) is 11.5 Å². The normalized spacial score (nSPS) is 16.2. The molecule has 0 aliphatic heterocycles. The van der Waals surface area contributed by atoms with E-state index in [1.807, 2.05) is 30.3 Å². The third-order valence-corrected chi connectivity index (χ3v) is 4.67. The molecule has 3 aromatic rings. The topological polar surface area (TPSA) is 51.0 Å². The SMILES string of the molecule is Fc1ccc(C(NC2CCCC2)c2nnc(-c3ccccc3)o2)cc1. The van der Waals surface area contributed by atoms with E-state index in [0.717, 1.165) is 24.0 Å². The smallest absolute Gasteiger partial charge is 0.247 e. The fourth-order valence-corrected chi connectivity index (χ4v) is 3.34. The lowest BCUT2D eigenvalue weighted by Gasteiger charge is -2.20.